The van der Waals surface area contributed by atoms with Gasteiger partial charge >= 0.3 is 0 Å². The highest BCUT2D eigenvalue weighted by Gasteiger charge is 2.30. The van der Waals surface area contributed by atoms with Crippen LogP contribution in [0.5, 0.6) is 0 Å². The van der Waals surface area contributed by atoms with E-state index in [0.717, 1.165) is 25.1 Å². The number of allylic oxidation sites excluding steroid dienone is 1. The van der Waals surface area contributed by atoms with Crippen molar-refractivity contribution in [2.75, 3.05) is 11.4 Å². The summed E-state index contributed by atoms with van der Waals surface area (Å²) >= 11 is 0. The molecule has 0 N–H and O–H groups in total. The summed E-state index contributed by atoms with van der Waals surface area (Å²) in [7, 11) is 0. The number of aliphatic imine (C=N–C) groups is 1. The van der Waals surface area contributed by atoms with E-state index < -0.39 is 0 Å². The Morgan fingerprint density at radius 2 is 1.74 bits per heavy atom. The molecule has 2 nitrogen and oxygen atoms in total. The number of aryl methyl sites for hydroxylation is 2. The van der Waals surface area contributed by atoms with Crippen LogP contribution in [0.4, 0.5) is 11.4 Å². The zero-order valence-electron chi connectivity index (χ0n) is 17.6. The summed E-state index contributed by atoms with van der Waals surface area (Å²) in [5, 5.41) is 0. The molecule has 1 aliphatic rings. The molecule has 0 bridgehead atoms. The van der Waals surface area contributed by atoms with Crippen molar-refractivity contribution in [1.29, 1.82) is 0 Å². The first-order chi connectivity index (χ1) is 12.9. The minimum Gasteiger partial charge on any atom is -0.362 e. The summed E-state index contributed by atoms with van der Waals surface area (Å²) < 4.78 is 0. The van der Waals surface area contributed by atoms with Crippen molar-refractivity contribution >= 4 is 23.2 Å². The Labute approximate surface area is 164 Å². The van der Waals surface area contributed by atoms with Crippen LogP contribution >= 0.6 is 0 Å². The van der Waals surface area contributed by atoms with E-state index >= 15 is 0 Å². The summed E-state index contributed by atoms with van der Waals surface area (Å²) in [6.07, 6.45) is 6.61. The highest BCUT2D eigenvalue weighted by molar-refractivity contribution is 5.90. The zero-order chi connectivity index (χ0) is 19.6. The van der Waals surface area contributed by atoms with E-state index in [1.54, 1.807) is 0 Å². The Kier molecular flexibility index (Phi) is 5.55. The molecule has 0 aliphatic carbocycles. The van der Waals surface area contributed by atoms with Gasteiger partial charge in [-0.05, 0) is 87.1 Å². The third-order valence-corrected chi connectivity index (χ3v) is 5.51. The van der Waals surface area contributed by atoms with Crippen molar-refractivity contribution in [2.45, 2.75) is 59.9 Å². The Hall–Kier alpha value is -2.35. The quantitative estimate of drug-likeness (QED) is 0.540. The lowest BCUT2D eigenvalue weighted by Crippen LogP contribution is -2.45. The average molecular weight is 361 g/mol. The first kappa shape index (κ1) is 19.4. The monoisotopic (exact) mass is 360 g/mol. The van der Waals surface area contributed by atoms with Gasteiger partial charge < -0.3 is 4.90 Å². The second-order valence-electron chi connectivity index (χ2n) is 8.14. The second-order valence-corrected chi connectivity index (χ2v) is 8.14. The standard InChI is InChI=1S/C25H32N2/c1-7-13-27-24-14-18(3)21(15-23(24)19(4)16-25(27,5)6)17-26-22-11-9-20(8-2)10-12-22/h9-12,14-17H,7-8,13H2,1-6H3. The fourth-order valence-corrected chi connectivity index (χ4v) is 3.98. The van der Waals surface area contributed by atoms with Crippen molar-refractivity contribution in [3.63, 3.8) is 0 Å². The summed E-state index contributed by atoms with van der Waals surface area (Å²) in [5.74, 6) is 0. The normalized spacial score (nSPS) is 15.8. The van der Waals surface area contributed by atoms with Crippen molar-refractivity contribution in [2.24, 2.45) is 4.99 Å². The smallest absolute Gasteiger partial charge is 0.0630 e. The van der Waals surface area contributed by atoms with Crippen molar-refractivity contribution in [1.82, 2.24) is 0 Å². The first-order valence-electron chi connectivity index (χ1n) is 10.1. The van der Waals surface area contributed by atoms with E-state index in [1.807, 2.05) is 6.21 Å². The molecule has 27 heavy (non-hydrogen) atoms. The first-order valence-corrected chi connectivity index (χ1v) is 10.1. The zero-order valence-corrected chi connectivity index (χ0v) is 17.6. The van der Waals surface area contributed by atoms with Gasteiger partial charge in [-0.3, -0.25) is 4.99 Å². The fraction of sp³-hybridized carbons (Fsp3) is 0.400. The van der Waals surface area contributed by atoms with Gasteiger partial charge in [-0.2, -0.15) is 0 Å². The molecule has 3 rings (SSSR count). The number of anilines is 1. The highest BCUT2D eigenvalue weighted by Crippen LogP contribution is 2.40. The van der Waals surface area contributed by atoms with Gasteiger partial charge in [0.05, 0.1) is 11.2 Å². The van der Waals surface area contributed by atoms with Crippen molar-refractivity contribution < 1.29 is 0 Å². The molecular formula is C25H32N2. The molecule has 0 radical (unpaired) electrons. The molecule has 0 atom stereocenters. The molecule has 2 aromatic rings. The van der Waals surface area contributed by atoms with E-state index in [0.29, 0.717) is 0 Å². The van der Waals surface area contributed by atoms with E-state index in [9.17, 15) is 0 Å². The molecular weight excluding hydrogens is 328 g/mol. The summed E-state index contributed by atoms with van der Waals surface area (Å²) in [6.45, 7) is 14.5. The predicted octanol–water partition coefficient (Wildman–Crippen LogP) is 6.72. The number of benzene rings is 2. The molecule has 0 saturated carbocycles. The molecule has 2 heteroatoms. The molecule has 0 spiro atoms. The van der Waals surface area contributed by atoms with Crippen molar-refractivity contribution in [3.8, 4) is 0 Å². The maximum atomic E-state index is 4.71. The average Bonchev–Trinajstić information content (AvgIpc) is 2.64. The highest BCUT2D eigenvalue weighted by atomic mass is 15.2. The van der Waals surface area contributed by atoms with Gasteiger partial charge in [0.2, 0.25) is 0 Å². The van der Waals surface area contributed by atoms with Crippen LogP contribution in [-0.2, 0) is 6.42 Å². The SMILES string of the molecule is CCCN1c2cc(C)c(C=Nc3ccc(CC)cc3)cc2C(C)=CC1(C)C. The van der Waals surface area contributed by atoms with Crippen LogP contribution in [-0.4, -0.2) is 18.3 Å². The van der Waals surface area contributed by atoms with E-state index in [1.165, 1.54) is 33.5 Å². The minimum absolute atomic E-state index is 0.0517. The Bertz CT molecular complexity index is 870. The van der Waals surface area contributed by atoms with Crippen LogP contribution in [0.2, 0.25) is 0 Å². The maximum Gasteiger partial charge on any atom is 0.0630 e. The lowest BCUT2D eigenvalue weighted by Gasteiger charge is -2.43. The van der Waals surface area contributed by atoms with Gasteiger partial charge in [-0.1, -0.05) is 32.1 Å². The van der Waals surface area contributed by atoms with Gasteiger partial charge in [0, 0.05) is 24.0 Å². The van der Waals surface area contributed by atoms with Gasteiger partial charge in [-0.25, -0.2) is 0 Å². The van der Waals surface area contributed by atoms with E-state index in [-0.39, 0.29) is 5.54 Å². The summed E-state index contributed by atoms with van der Waals surface area (Å²) in [4.78, 5) is 7.25. The number of fused-ring (bicyclic) bond motifs is 1. The Morgan fingerprint density at radius 1 is 1.04 bits per heavy atom. The van der Waals surface area contributed by atoms with Crippen LogP contribution in [0, 0.1) is 6.92 Å². The Balaban J connectivity index is 1.97. The molecule has 0 unspecified atom stereocenters. The number of nitrogens with zero attached hydrogens (tertiary/aromatic N) is 2. The lowest BCUT2D eigenvalue weighted by molar-refractivity contribution is 0.550. The van der Waals surface area contributed by atoms with Crippen LogP contribution in [0.3, 0.4) is 0 Å². The van der Waals surface area contributed by atoms with Gasteiger partial charge in [0.1, 0.15) is 0 Å². The van der Waals surface area contributed by atoms with Gasteiger partial charge in [0.15, 0.2) is 0 Å². The molecule has 0 fully saturated rings. The third kappa shape index (κ3) is 4.00. The number of hydrogen-bond donors (Lipinski definition) is 0. The van der Waals surface area contributed by atoms with Crippen LogP contribution in [0.25, 0.3) is 5.57 Å². The number of rotatable bonds is 5. The molecule has 0 aromatic heterocycles. The van der Waals surface area contributed by atoms with Gasteiger partial charge in [-0.15, -0.1) is 0 Å². The minimum atomic E-state index is 0.0517. The number of hydrogen-bond acceptors (Lipinski definition) is 2. The van der Waals surface area contributed by atoms with Crippen LogP contribution in [0.1, 0.15) is 63.3 Å². The molecule has 142 valence electrons. The van der Waals surface area contributed by atoms with E-state index in [2.05, 4.69) is 88.9 Å². The predicted molar refractivity (Wildman–Crippen MR) is 120 cm³/mol. The largest absolute Gasteiger partial charge is 0.362 e. The lowest BCUT2D eigenvalue weighted by atomic mass is 9.87. The topological polar surface area (TPSA) is 15.6 Å². The third-order valence-electron chi connectivity index (χ3n) is 5.51. The second kappa shape index (κ2) is 7.72. The summed E-state index contributed by atoms with van der Waals surface area (Å²) in [6, 6.07) is 13.1. The molecule has 1 heterocycles. The Morgan fingerprint density at radius 3 is 2.37 bits per heavy atom. The summed E-state index contributed by atoms with van der Waals surface area (Å²) in [5.41, 5.74) is 8.90. The molecule has 0 saturated heterocycles. The molecule has 1 aliphatic heterocycles. The van der Waals surface area contributed by atoms with Gasteiger partial charge in [0.25, 0.3) is 0 Å². The maximum absolute atomic E-state index is 4.71. The fourth-order valence-electron chi connectivity index (χ4n) is 3.98. The molecule has 2 aromatic carbocycles. The molecule has 0 amide bonds. The van der Waals surface area contributed by atoms with E-state index in [4.69, 9.17) is 4.99 Å². The van der Waals surface area contributed by atoms with Crippen LogP contribution < -0.4 is 4.90 Å². The van der Waals surface area contributed by atoms with Crippen molar-refractivity contribution in [3.05, 3.63) is 64.7 Å². The van der Waals surface area contributed by atoms with Crippen LogP contribution in [0.15, 0.2) is 47.5 Å².